The van der Waals surface area contributed by atoms with Gasteiger partial charge in [0.25, 0.3) is 5.91 Å². The Balaban J connectivity index is 2.64. The van der Waals surface area contributed by atoms with Gasteiger partial charge in [0.1, 0.15) is 11.6 Å². The maximum atomic E-state index is 13.2. The van der Waals surface area contributed by atoms with Crippen LogP contribution in [0.25, 0.3) is 11.1 Å². The molecule has 0 saturated carbocycles. The van der Waals surface area contributed by atoms with E-state index in [4.69, 9.17) is 5.73 Å². The highest BCUT2D eigenvalue weighted by Gasteiger charge is 2.34. The van der Waals surface area contributed by atoms with Crippen molar-refractivity contribution in [2.75, 3.05) is 0 Å². The second kappa shape index (κ2) is 5.08. The largest absolute Gasteiger partial charge is 0.506 e. The van der Waals surface area contributed by atoms with Crippen LogP contribution in [0.3, 0.4) is 0 Å². The highest BCUT2D eigenvalue weighted by atomic mass is 19.4. The molecule has 21 heavy (non-hydrogen) atoms. The Morgan fingerprint density at radius 2 is 1.81 bits per heavy atom. The van der Waals surface area contributed by atoms with Gasteiger partial charge < -0.3 is 10.8 Å². The van der Waals surface area contributed by atoms with Gasteiger partial charge in [0.15, 0.2) is 0 Å². The fraction of sp³-hybridized carbons (Fsp3) is 0.0714. The molecule has 3 N–H and O–H groups in total. The summed E-state index contributed by atoms with van der Waals surface area (Å²) in [5.41, 5.74) is 3.24. The lowest BCUT2D eigenvalue weighted by molar-refractivity contribution is -0.139. The average molecular weight is 299 g/mol. The van der Waals surface area contributed by atoms with Crippen molar-refractivity contribution in [2.45, 2.75) is 6.18 Å². The molecule has 0 aliphatic rings. The van der Waals surface area contributed by atoms with Crippen LogP contribution >= 0.6 is 0 Å². The van der Waals surface area contributed by atoms with Gasteiger partial charge in [-0.05, 0) is 23.8 Å². The number of rotatable bonds is 2. The molecular formula is C14H9F4NO2. The first-order valence-electron chi connectivity index (χ1n) is 5.70. The van der Waals surface area contributed by atoms with Gasteiger partial charge in [-0.3, -0.25) is 4.79 Å². The van der Waals surface area contributed by atoms with E-state index in [1.807, 2.05) is 0 Å². The lowest BCUT2D eigenvalue weighted by Crippen LogP contribution is -2.11. The summed E-state index contributed by atoms with van der Waals surface area (Å²) in [6.45, 7) is 0. The second-order valence-corrected chi connectivity index (χ2v) is 4.26. The molecule has 0 heterocycles. The molecule has 3 nitrogen and oxygen atoms in total. The Labute approximate surface area is 116 Å². The molecule has 0 fully saturated rings. The van der Waals surface area contributed by atoms with Crippen molar-refractivity contribution in [1.82, 2.24) is 0 Å². The molecule has 0 saturated heterocycles. The average Bonchev–Trinajstić information content (AvgIpc) is 2.38. The molecule has 0 radical (unpaired) electrons. The van der Waals surface area contributed by atoms with E-state index >= 15 is 0 Å². The number of alkyl halides is 3. The second-order valence-electron chi connectivity index (χ2n) is 4.26. The quantitative estimate of drug-likeness (QED) is 0.836. The van der Waals surface area contributed by atoms with E-state index in [-0.39, 0.29) is 16.7 Å². The van der Waals surface area contributed by atoms with E-state index in [1.165, 1.54) is 18.2 Å². The number of carbonyl (C=O) groups excluding carboxylic acids is 1. The van der Waals surface area contributed by atoms with Crippen molar-refractivity contribution in [1.29, 1.82) is 0 Å². The van der Waals surface area contributed by atoms with E-state index in [2.05, 4.69) is 0 Å². The van der Waals surface area contributed by atoms with Gasteiger partial charge in [0, 0.05) is 5.56 Å². The number of aromatic hydroxyl groups is 1. The van der Waals surface area contributed by atoms with Gasteiger partial charge in [0.2, 0.25) is 0 Å². The molecule has 110 valence electrons. The van der Waals surface area contributed by atoms with Crippen molar-refractivity contribution >= 4 is 5.91 Å². The molecular weight excluding hydrogens is 290 g/mol. The lowest BCUT2D eigenvalue weighted by Gasteiger charge is -2.12. The van der Waals surface area contributed by atoms with Crippen LogP contribution in [0.1, 0.15) is 15.9 Å². The van der Waals surface area contributed by atoms with E-state index in [9.17, 15) is 27.5 Å². The van der Waals surface area contributed by atoms with Crippen molar-refractivity contribution in [3.05, 3.63) is 53.3 Å². The predicted molar refractivity (Wildman–Crippen MR) is 67.0 cm³/mol. The van der Waals surface area contributed by atoms with Crippen molar-refractivity contribution in [3.8, 4) is 16.9 Å². The van der Waals surface area contributed by atoms with Gasteiger partial charge >= 0.3 is 6.18 Å². The molecule has 2 aromatic rings. The van der Waals surface area contributed by atoms with E-state index < -0.39 is 29.2 Å². The molecule has 0 spiro atoms. The topological polar surface area (TPSA) is 63.3 Å². The monoisotopic (exact) mass is 299 g/mol. The van der Waals surface area contributed by atoms with E-state index in [0.29, 0.717) is 12.1 Å². The summed E-state index contributed by atoms with van der Waals surface area (Å²) in [6.07, 6.45) is -4.86. The van der Waals surface area contributed by atoms with Crippen LogP contribution in [0.4, 0.5) is 17.6 Å². The van der Waals surface area contributed by atoms with Crippen molar-refractivity contribution in [2.24, 2.45) is 5.73 Å². The number of para-hydroxylation sites is 1. The molecule has 2 aromatic carbocycles. The lowest BCUT2D eigenvalue weighted by atomic mass is 9.99. The van der Waals surface area contributed by atoms with Crippen LogP contribution in [0.2, 0.25) is 0 Å². The van der Waals surface area contributed by atoms with E-state index in [0.717, 1.165) is 6.07 Å². The Hall–Kier alpha value is -2.57. The molecule has 7 heteroatoms. The Bertz CT molecular complexity index is 711. The zero-order chi connectivity index (χ0) is 15.8. The minimum absolute atomic E-state index is 0.0446. The summed E-state index contributed by atoms with van der Waals surface area (Å²) in [4.78, 5) is 11.1. The van der Waals surface area contributed by atoms with Gasteiger partial charge in [-0.25, -0.2) is 4.39 Å². The first kappa shape index (κ1) is 14.8. The molecule has 1 amide bonds. The molecule has 2 rings (SSSR count). The number of benzene rings is 2. The maximum absolute atomic E-state index is 13.2. The molecule has 0 unspecified atom stereocenters. The number of hydrogen-bond acceptors (Lipinski definition) is 2. The highest BCUT2D eigenvalue weighted by Crippen LogP contribution is 2.37. The Kier molecular flexibility index (Phi) is 3.59. The van der Waals surface area contributed by atoms with E-state index in [1.54, 1.807) is 0 Å². The minimum atomic E-state index is -4.86. The van der Waals surface area contributed by atoms with Gasteiger partial charge in [-0.15, -0.1) is 0 Å². The zero-order valence-electron chi connectivity index (χ0n) is 10.4. The minimum Gasteiger partial charge on any atom is -0.506 e. The number of halogens is 4. The molecule has 0 aromatic heterocycles. The number of primary amides is 1. The first-order chi connectivity index (χ1) is 9.71. The molecule has 0 aliphatic carbocycles. The summed E-state index contributed by atoms with van der Waals surface area (Å²) in [6, 6.07) is 6.17. The van der Waals surface area contributed by atoms with Gasteiger partial charge in [-0.2, -0.15) is 13.2 Å². The normalized spacial score (nSPS) is 11.4. The van der Waals surface area contributed by atoms with Gasteiger partial charge in [0.05, 0.1) is 11.1 Å². The van der Waals surface area contributed by atoms with Crippen LogP contribution in [-0.4, -0.2) is 11.0 Å². The molecule has 0 atom stereocenters. The number of hydrogen-bond donors (Lipinski definition) is 2. The third kappa shape index (κ3) is 2.81. The van der Waals surface area contributed by atoms with Crippen molar-refractivity contribution in [3.63, 3.8) is 0 Å². The first-order valence-corrected chi connectivity index (χ1v) is 5.70. The third-order valence-electron chi connectivity index (χ3n) is 2.88. The van der Waals surface area contributed by atoms with Crippen LogP contribution in [0, 0.1) is 5.82 Å². The number of carbonyl (C=O) groups is 1. The number of phenols is 1. The standard InChI is InChI=1S/C14H9F4NO2/c15-11-5-4-7(6-10(11)14(16,17)18)8-2-1-3-9(12(8)20)13(19)21/h1-6,20H,(H2,19,21). The highest BCUT2D eigenvalue weighted by molar-refractivity contribution is 5.98. The summed E-state index contributed by atoms with van der Waals surface area (Å²) in [5, 5.41) is 9.90. The Morgan fingerprint density at radius 3 is 2.38 bits per heavy atom. The molecule has 0 bridgehead atoms. The number of amides is 1. The van der Waals surface area contributed by atoms with Gasteiger partial charge in [-0.1, -0.05) is 18.2 Å². The fourth-order valence-electron chi connectivity index (χ4n) is 1.89. The fourth-order valence-corrected chi connectivity index (χ4v) is 1.89. The summed E-state index contributed by atoms with van der Waals surface area (Å²) >= 11 is 0. The summed E-state index contributed by atoms with van der Waals surface area (Å²) in [5.74, 6) is -2.89. The third-order valence-corrected chi connectivity index (χ3v) is 2.88. The summed E-state index contributed by atoms with van der Waals surface area (Å²) < 4.78 is 51.3. The molecule has 0 aliphatic heterocycles. The predicted octanol–water partition coefficient (Wildman–Crippen LogP) is 3.32. The van der Waals surface area contributed by atoms with Crippen molar-refractivity contribution < 1.29 is 27.5 Å². The Morgan fingerprint density at radius 1 is 1.14 bits per heavy atom. The smallest absolute Gasteiger partial charge is 0.419 e. The number of nitrogens with two attached hydrogens (primary N) is 1. The van der Waals surface area contributed by atoms with Crippen LogP contribution in [0.5, 0.6) is 5.75 Å². The summed E-state index contributed by atoms with van der Waals surface area (Å²) in [7, 11) is 0. The maximum Gasteiger partial charge on any atom is 0.419 e. The SMILES string of the molecule is NC(=O)c1cccc(-c2ccc(F)c(C(F)(F)F)c2)c1O. The van der Waals surface area contributed by atoms with Crippen LogP contribution in [-0.2, 0) is 6.18 Å². The van der Waals surface area contributed by atoms with Crippen LogP contribution in [0.15, 0.2) is 36.4 Å². The zero-order valence-corrected chi connectivity index (χ0v) is 10.4. The van der Waals surface area contributed by atoms with Crippen LogP contribution < -0.4 is 5.73 Å².